The van der Waals surface area contributed by atoms with Crippen molar-refractivity contribution < 1.29 is 9.50 Å². The third kappa shape index (κ3) is 1.80. The highest BCUT2D eigenvalue weighted by Gasteiger charge is 1.98. The van der Waals surface area contributed by atoms with Crippen LogP contribution in [0.1, 0.15) is 5.56 Å². The van der Waals surface area contributed by atoms with E-state index < -0.39 is 5.82 Å². The van der Waals surface area contributed by atoms with Crippen molar-refractivity contribution in [2.24, 2.45) is 0 Å². The van der Waals surface area contributed by atoms with Crippen LogP contribution in [0.25, 0.3) is 0 Å². The molecule has 0 atom stereocenters. The number of halogens is 1. The van der Waals surface area contributed by atoms with E-state index in [-0.39, 0.29) is 5.75 Å². The van der Waals surface area contributed by atoms with Crippen molar-refractivity contribution in [2.75, 3.05) is 0 Å². The lowest BCUT2D eigenvalue weighted by Crippen LogP contribution is -1.82. The van der Waals surface area contributed by atoms with E-state index in [9.17, 15) is 4.39 Å². The molecule has 1 N–H and O–H groups in total. The van der Waals surface area contributed by atoms with Crippen molar-refractivity contribution in [3.05, 3.63) is 42.2 Å². The van der Waals surface area contributed by atoms with Crippen LogP contribution in [0.3, 0.4) is 0 Å². The summed E-state index contributed by atoms with van der Waals surface area (Å²) in [6, 6.07) is 4.31. The summed E-state index contributed by atoms with van der Waals surface area (Å²) in [5.74, 6) is -0.887. The lowest BCUT2D eigenvalue weighted by molar-refractivity contribution is 0.432. The van der Waals surface area contributed by atoms with Gasteiger partial charge in [0, 0.05) is 0 Å². The van der Waals surface area contributed by atoms with Gasteiger partial charge in [-0.3, -0.25) is 0 Å². The van der Waals surface area contributed by atoms with Crippen LogP contribution >= 0.6 is 0 Å². The van der Waals surface area contributed by atoms with Crippen LogP contribution in [0.4, 0.5) is 4.39 Å². The summed E-state index contributed by atoms with van der Waals surface area (Å²) < 4.78 is 12.6. The average Bonchev–Trinajstić information content (AvgIpc) is 1.98. The minimum absolute atomic E-state index is 0.308. The standard InChI is InChI=1S/C9H9FO/c1-2-3-7-4-5-9(11)8(10)6-7/h2,4-6,11H,1,3H2. The molecule has 1 nitrogen and oxygen atoms in total. The summed E-state index contributed by atoms with van der Waals surface area (Å²) in [7, 11) is 0. The molecule has 0 amide bonds. The molecule has 0 bridgehead atoms. The molecule has 0 saturated heterocycles. The number of phenolic OH excluding ortho intramolecular Hbond substituents is 1. The van der Waals surface area contributed by atoms with Crippen LogP contribution in [0.2, 0.25) is 0 Å². The zero-order valence-electron chi connectivity index (χ0n) is 6.05. The molecular weight excluding hydrogens is 143 g/mol. The van der Waals surface area contributed by atoms with Crippen LogP contribution < -0.4 is 0 Å². The SMILES string of the molecule is C=CCc1ccc(O)c(F)c1. The van der Waals surface area contributed by atoms with Gasteiger partial charge in [0.1, 0.15) is 0 Å². The van der Waals surface area contributed by atoms with Gasteiger partial charge in [-0.05, 0) is 24.1 Å². The molecule has 1 aromatic carbocycles. The Balaban J connectivity index is 2.95. The van der Waals surface area contributed by atoms with Gasteiger partial charge in [0.2, 0.25) is 0 Å². The van der Waals surface area contributed by atoms with Gasteiger partial charge in [0.25, 0.3) is 0 Å². The Morgan fingerprint density at radius 1 is 1.55 bits per heavy atom. The van der Waals surface area contributed by atoms with Gasteiger partial charge in [0.05, 0.1) is 0 Å². The second-order valence-corrected chi connectivity index (χ2v) is 2.28. The first-order chi connectivity index (χ1) is 5.24. The van der Waals surface area contributed by atoms with E-state index in [2.05, 4.69) is 6.58 Å². The van der Waals surface area contributed by atoms with E-state index in [0.29, 0.717) is 6.42 Å². The molecule has 0 aliphatic heterocycles. The predicted molar refractivity (Wildman–Crippen MR) is 42.0 cm³/mol. The van der Waals surface area contributed by atoms with Crippen molar-refractivity contribution in [3.63, 3.8) is 0 Å². The van der Waals surface area contributed by atoms with Crippen LogP contribution in [0.5, 0.6) is 5.75 Å². The highest BCUT2D eigenvalue weighted by Crippen LogP contribution is 2.16. The maximum Gasteiger partial charge on any atom is 0.165 e. The highest BCUT2D eigenvalue weighted by molar-refractivity contribution is 5.28. The molecule has 2 heteroatoms. The molecule has 1 rings (SSSR count). The third-order valence-electron chi connectivity index (χ3n) is 1.39. The smallest absolute Gasteiger partial charge is 0.165 e. The first-order valence-corrected chi connectivity index (χ1v) is 3.32. The molecule has 0 aliphatic rings. The fourth-order valence-electron chi connectivity index (χ4n) is 0.844. The number of hydrogen-bond acceptors (Lipinski definition) is 1. The molecule has 0 spiro atoms. The van der Waals surface area contributed by atoms with Gasteiger partial charge < -0.3 is 5.11 Å². The summed E-state index contributed by atoms with van der Waals surface area (Å²) in [5.41, 5.74) is 0.815. The van der Waals surface area contributed by atoms with Crippen molar-refractivity contribution >= 4 is 0 Å². The van der Waals surface area contributed by atoms with Gasteiger partial charge >= 0.3 is 0 Å². The Morgan fingerprint density at radius 3 is 2.82 bits per heavy atom. The molecule has 11 heavy (non-hydrogen) atoms. The topological polar surface area (TPSA) is 20.2 Å². The van der Waals surface area contributed by atoms with Gasteiger partial charge in [-0.1, -0.05) is 12.1 Å². The monoisotopic (exact) mass is 152 g/mol. The van der Waals surface area contributed by atoms with E-state index in [1.54, 1.807) is 12.1 Å². The Morgan fingerprint density at radius 2 is 2.27 bits per heavy atom. The highest BCUT2D eigenvalue weighted by atomic mass is 19.1. The van der Waals surface area contributed by atoms with Gasteiger partial charge in [-0.15, -0.1) is 6.58 Å². The minimum atomic E-state index is -0.579. The van der Waals surface area contributed by atoms with Gasteiger partial charge in [-0.25, -0.2) is 4.39 Å². The first-order valence-electron chi connectivity index (χ1n) is 3.32. The van der Waals surface area contributed by atoms with Crippen LogP contribution in [0, 0.1) is 5.82 Å². The van der Waals surface area contributed by atoms with Crippen molar-refractivity contribution in [1.29, 1.82) is 0 Å². The van der Waals surface area contributed by atoms with Gasteiger partial charge in [-0.2, -0.15) is 0 Å². The molecule has 0 radical (unpaired) electrons. The van der Waals surface area contributed by atoms with Crippen LogP contribution in [-0.4, -0.2) is 5.11 Å². The Bertz CT molecular complexity index is 268. The number of allylic oxidation sites excluding steroid dienone is 1. The zero-order chi connectivity index (χ0) is 8.27. The number of hydrogen-bond donors (Lipinski definition) is 1. The maximum atomic E-state index is 12.6. The van der Waals surface area contributed by atoms with Crippen molar-refractivity contribution in [1.82, 2.24) is 0 Å². The lowest BCUT2D eigenvalue weighted by Gasteiger charge is -1.97. The molecule has 0 unspecified atom stereocenters. The van der Waals surface area contributed by atoms with Crippen LogP contribution in [-0.2, 0) is 6.42 Å². The van der Waals surface area contributed by atoms with E-state index in [1.807, 2.05) is 0 Å². The number of phenols is 1. The quantitative estimate of drug-likeness (QED) is 0.644. The van der Waals surface area contributed by atoms with Crippen LogP contribution in [0.15, 0.2) is 30.9 Å². The maximum absolute atomic E-state index is 12.6. The van der Waals surface area contributed by atoms with E-state index in [4.69, 9.17) is 5.11 Å². The van der Waals surface area contributed by atoms with Gasteiger partial charge in [0.15, 0.2) is 11.6 Å². The van der Waals surface area contributed by atoms with Crippen molar-refractivity contribution in [3.8, 4) is 5.75 Å². The fraction of sp³-hybridized carbons (Fsp3) is 0.111. The van der Waals surface area contributed by atoms with Crippen molar-refractivity contribution in [2.45, 2.75) is 6.42 Å². The first kappa shape index (κ1) is 7.79. The third-order valence-corrected chi connectivity index (χ3v) is 1.39. The summed E-state index contributed by atoms with van der Waals surface area (Å²) in [5, 5.41) is 8.81. The molecule has 0 fully saturated rings. The summed E-state index contributed by atoms with van der Waals surface area (Å²) in [4.78, 5) is 0. The lowest BCUT2D eigenvalue weighted by atomic mass is 10.1. The normalized spacial score (nSPS) is 9.55. The Labute approximate surface area is 64.8 Å². The minimum Gasteiger partial charge on any atom is -0.505 e. The Kier molecular flexibility index (Phi) is 2.26. The molecule has 0 saturated carbocycles. The predicted octanol–water partition coefficient (Wildman–Crippen LogP) is 2.26. The number of benzene rings is 1. The molecule has 1 aromatic rings. The Hall–Kier alpha value is -1.31. The summed E-state index contributed by atoms with van der Waals surface area (Å²) >= 11 is 0. The molecule has 0 heterocycles. The van der Waals surface area contributed by atoms with E-state index in [0.717, 1.165) is 5.56 Å². The second-order valence-electron chi connectivity index (χ2n) is 2.28. The fourth-order valence-corrected chi connectivity index (χ4v) is 0.844. The molecule has 58 valence electrons. The molecule has 0 aromatic heterocycles. The average molecular weight is 152 g/mol. The largest absolute Gasteiger partial charge is 0.505 e. The van der Waals surface area contributed by atoms with E-state index in [1.165, 1.54) is 12.1 Å². The number of rotatable bonds is 2. The summed E-state index contributed by atoms with van der Waals surface area (Å²) in [6.45, 7) is 3.52. The molecule has 0 aliphatic carbocycles. The molecular formula is C9H9FO. The zero-order valence-corrected chi connectivity index (χ0v) is 6.05. The summed E-state index contributed by atoms with van der Waals surface area (Å²) in [6.07, 6.45) is 2.31. The van der Waals surface area contributed by atoms with E-state index >= 15 is 0 Å². The number of aromatic hydroxyl groups is 1. The second kappa shape index (κ2) is 3.19.